The highest BCUT2D eigenvalue weighted by Crippen LogP contribution is 2.22. The lowest BCUT2D eigenvalue weighted by atomic mass is 10.3. The third kappa shape index (κ3) is 6.38. The van der Waals surface area contributed by atoms with Gasteiger partial charge in [0.1, 0.15) is 5.75 Å². The van der Waals surface area contributed by atoms with Crippen LogP contribution in [-0.4, -0.2) is 23.3 Å². The molecule has 0 saturated carbocycles. The molecule has 3 nitrogen and oxygen atoms in total. The van der Waals surface area contributed by atoms with Gasteiger partial charge in [-0.05, 0) is 43.1 Å². The minimum absolute atomic E-state index is 0.673. The summed E-state index contributed by atoms with van der Waals surface area (Å²) in [6.45, 7) is 6.62. The highest BCUT2D eigenvalue weighted by molar-refractivity contribution is 7.96. The summed E-state index contributed by atoms with van der Waals surface area (Å²) in [6, 6.07) is 7.58. The van der Waals surface area contributed by atoms with Crippen molar-refractivity contribution in [2.75, 3.05) is 13.7 Å². The van der Waals surface area contributed by atoms with E-state index in [9.17, 15) is 0 Å². The summed E-state index contributed by atoms with van der Waals surface area (Å²) in [5.74, 6) is 0.854. The largest absolute Gasteiger partial charge is 0.494 e. The van der Waals surface area contributed by atoms with Gasteiger partial charge in [0.2, 0.25) is 0 Å². The van der Waals surface area contributed by atoms with Gasteiger partial charge < -0.3 is 9.94 Å². The van der Waals surface area contributed by atoms with Gasteiger partial charge in [-0.3, -0.25) is 0 Å². The fourth-order valence-corrected chi connectivity index (χ4v) is 1.48. The van der Waals surface area contributed by atoms with E-state index < -0.39 is 0 Å². The quantitative estimate of drug-likeness (QED) is 0.633. The van der Waals surface area contributed by atoms with E-state index in [1.54, 1.807) is 7.05 Å². The zero-order chi connectivity index (χ0) is 11.7. The van der Waals surface area contributed by atoms with E-state index in [-0.39, 0.29) is 0 Å². The van der Waals surface area contributed by atoms with Crippen LogP contribution in [0, 0.1) is 0 Å². The fraction of sp³-hybridized carbons (Fsp3) is 0.455. The predicted octanol–water partition coefficient (Wildman–Crippen LogP) is 3.44. The van der Waals surface area contributed by atoms with E-state index in [2.05, 4.69) is 0 Å². The Labute approximate surface area is 96.1 Å². The molecule has 86 valence electrons. The van der Waals surface area contributed by atoms with Crippen LogP contribution in [0.25, 0.3) is 0 Å². The predicted molar refractivity (Wildman–Crippen MR) is 64.4 cm³/mol. The van der Waals surface area contributed by atoms with Crippen molar-refractivity contribution in [1.29, 1.82) is 0 Å². The zero-order valence-corrected chi connectivity index (χ0v) is 10.5. The number of hydrogen-bond donors (Lipinski definition) is 1. The number of hydroxylamine groups is 1. The van der Waals surface area contributed by atoms with Gasteiger partial charge in [0.05, 0.1) is 6.61 Å². The summed E-state index contributed by atoms with van der Waals surface area (Å²) in [6.07, 6.45) is 0. The van der Waals surface area contributed by atoms with Crippen LogP contribution < -0.4 is 4.74 Å². The summed E-state index contributed by atoms with van der Waals surface area (Å²) in [5.41, 5.74) is 0. The molecule has 0 aliphatic carbocycles. The van der Waals surface area contributed by atoms with Crippen LogP contribution in [0.4, 0.5) is 0 Å². The summed E-state index contributed by atoms with van der Waals surface area (Å²) >= 11 is 1.26. The molecule has 0 aromatic heterocycles. The molecule has 15 heavy (non-hydrogen) atoms. The van der Waals surface area contributed by atoms with Gasteiger partial charge in [0.25, 0.3) is 0 Å². The number of benzene rings is 1. The summed E-state index contributed by atoms with van der Waals surface area (Å²) in [7, 11) is 1.58. The highest BCUT2D eigenvalue weighted by atomic mass is 32.2. The van der Waals surface area contributed by atoms with Gasteiger partial charge in [-0.15, -0.1) is 4.47 Å². The molecule has 1 aromatic carbocycles. The van der Waals surface area contributed by atoms with Crippen molar-refractivity contribution in [2.45, 2.75) is 25.7 Å². The molecule has 0 unspecified atom stereocenters. The summed E-state index contributed by atoms with van der Waals surface area (Å²) in [5, 5.41) is 8.94. The average Bonchev–Trinajstić information content (AvgIpc) is 2.24. The van der Waals surface area contributed by atoms with Crippen LogP contribution in [0.15, 0.2) is 29.2 Å². The van der Waals surface area contributed by atoms with Crippen LogP contribution >= 0.6 is 11.9 Å². The van der Waals surface area contributed by atoms with Crippen LogP contribution in [0.1, 0.15) is 20.8 Å². The van der Waals surface area contributed by atoms with Crippen molar-refractivity contribution in [1.82, 2.24) is 4.47 Å². The molecule has 0 spiro atoms. The van der Waals surface area contributed by atoms with E-state index in [0.29, 0.717) is 6.61 Å². The Morgan fingerprint density at radius 2 is 1.80 bits per heavy atom. The van der Waals surface area contributed by atoms with E-state index in [0.717, 1.165) is 15.1 Å². The smallest absolute Gasteiger partial charge is 0.119 e. The maximum atomic E-state index is 8.94. The topological polar surface area (TPSA) is 32.7 Å². The third-order valence-corrected chi connectivity index (χ3v) is 2.12. The Bertz CT molecular complexity index is 249. The first-order chi connectivity index (χ1) is 7.22. The molecule has 0 heterocycles. The Balaban J connectivity index is 0.000000921. The van der Waals surface area contributed by atoms with Crippen molar-refractivity contribution in [3.63, 3.8) is 0 Å². The molecule has 1 aromatic rings. The third-order valence-electron chi connectivity index (χ3n) is 1.37. The second-order valence-corrected chi connectivity index (χ2v) is 3.64. The molecule has 0 atom stereocenters. The molecule has 0 bridgehead atoms. The maximum Gasteiger partial charge on any atom is 0.119 e. The second kappa shape index (κ2) is 8.59. The van der Waals surface area contributed by atoms with E-state index >= 15 is 0 Å². The molecule has 0 amide bonds. The maximum absolute atomic E-state index is 8.94. The zero-order valence-electron chi connectivity index (χ0n) is 9.73. The van der Waals surface area contributed by atoms with Gasteiger partial charge in [-0.1, -0.05) is 13.8 Å². The Morgan fingerprint density at radius 1 is 1.27 bits per heavy atom. The lowest BCUT2D eigenvalue weighted by Gasteiger charge is -2.07. The van der Waals surface area contributed by atoms with E-state index in [1.165, 1.54) is 11.9 Å². The molecule has 0 radical (unpaired) electrons. The number of ether oxygens (including phenoxy) is 1. The van der Waals surface area contributed by atoms with Gasteiger partial charge in [-0.2, -0.15) is 0 Å². The first-order valence-electron chi connectivity index (χ1n) is 5.06. The van der Waals surface area contributed by atoms with Crippen LogP contribution in [-0.2, 0) is 0 Å². The molecule has 4 heteroatoms. The van der Waals surface area contributed by atoms with Crippen molar-refractivity contribution in [3.8, 4) is 5.75 Å². The van der Waals surface area contributed by atoms with Crippen molar-refractivity contribution < 1.29 is 9.94 Å². The standard InChI is InChI=1S/C9H13NO2S.C2H6/c1-3-12-8-4-6-9(7-5-8)13-10(2)11;1-2/h4-7,11H,3H2,1-2H3;1-2H3. The molecule has 0 saturated heterocycles. The molecular weight excluding hydrogens is 210 g/mol. The molecule has 0 aliphatic rings. The number of hydrogen-bond acceptors (Lipinski definition) is 4. The second-order valence-electron chi connectivity index (χ2n) is 2.46. The van der Waals surface area contributed by atoms with Crippen LogP contribution in [0.3, 0.4) is 0 Å². The molecular formula is C11H19NO2S. The van der Waals surface area contributed by atoms with Crippen molar-refractivity contribution >= 4 is 11.9 Å². The molecule has 0 fully saturated rings. The first kappa shape index (κ1) is 14.3. The monoisotopic (exact) mass is 229 g/mol. The Hall–Kier alpha value is -0.710. The summed E-state index contributed by atoms with van der Waals surface area (Å²) in [4.78, 5) is 0.980. The average molecular weight is 229 g/mol. The Kier molecular flexibility index (Phi) is 8.18. The van der Waals surface area contributed by atoms with Gasteiger partial charge in [0.15, 0.2) is 0 Å². The van der Waals surface area contributed by atoms with Crippen molar-refractivity contribution in [2.24, 2.45) is 0 Å². The minimum Gasteiger partial charge on any atom is -0.494 e. The van der Waals surface area contributed by atoms with Crippen molar-refractivity contribution in [3.05, 3.63) is 24.3 Å². The van der Waals surface area contributed by atoms with E-state index in [1.807, 2.05) is 45.0 Å². The van der Waals surface area contributed by atoms with Gasteiger partial charge in [-0.25, -0.2) is 0 Å². The number of nitrogens with zero attached hydrogens (tertiary/aromatic N) is 1. The minimum atomic E-state index is 0.673. The molecule has 1 rings (SSSR count). The fourth-order valence-electron chi connectivity index (χ4n) is 0.916. The first-order valence-corrected chi connectivity index (χ1v) is 5.83. The Morgan fingerprint density at radius 3 is 2.20 bits per heavy atom. The summed E-state index contributed by atoms with van der Waals surface area (Å²) < 4.78 is 6.35. The SMILES string of the molecule is CC.CCOc1ccc(SN(C)O)cc1. The number of rotatable bonds is 4. The van der Waals surface area contributed by atoms with Crippen LogP contribution in [0.5, 0.6) is 5.75 Å². The normalized spacial score (nSPS) is 9.47. The lowest BCUT2D eigenvalue weighted by molar-refractivity contribution is 0.0454. The van der Waals surface area contributed by atoms with E-state index in [4.69, 9.17) is 9.94 Å². The lowest BCUT2D eigenvalue weighted by Crippen LogP contribution is -1.99. The van der Waals surface area contributed by atoms with Gasteiger partial charge >= 0.3 is 0 Å². The molecule has 1 N–H and O–H groups in total. The van der Waals surface area contributed by atoms with Gasteiger partial charge in [0, 0.05) is 11.9 Å². The molecule has 0 aliphatic heterocycles. The van der Waals surface area contributed by atoms with Crippen LogP contribution in [0.2, 0.25) is 0 Å². The highest BCUT2D eigenvalue weighted by Gasteiger charge is 1.97.